The number of nitrogens with zero attached hydrogens (tertiary/aromatic N) is 3. The van der Waals surface area contributed by atoms with Crippen molar-refractivity contribution in [1.29, 1.82) is 0 Å². The molecule has 0 spiro atoms. The van der Waals surface area contributed by atoms with Crippen LogP contribution in [0.5, 0.6) is 0 Å². The number of imidazole rings is 1. The fraction of sp³-hybridized carbons (Fsp3) is 0.667. The molecule has 11 nitrogen and oxygen atoms in total. The molecule has 162 valence electrons. The lowest BCUT2D eigenvalue weighted by atomic mass is 10.1. The summed E-state index contributed by atoms with van der Waals surface area (Å²) >= 11 is 0. The Labute approximate surface area is 168 Å². The molecule has 0 aliphatic heterocycles. The number of aliphatic hydroxyl groups excluding tert-OH is 1. The van der Waals surface area contributed by atoms with Crippen molar-refractivity contribution >= 4 is 23.3 Å². The summed E-state index contributed by atoms with van der Waals surface area (Å²) in [5.74, 6) is -0.121. The highest BCUT2D eigenvalue weighted by Crippen LogP contribution is 2.19. The van der Waals surface area contributed by atoms with Crippen molar-refractivity contribution in [2.45, 2.75) is 64.9 Å². The molecule has 2 unspecified atom stereocenters. The van der Waals surface area contributed by atoms with Gasteiger partial charge >= 0.3 is 6.16 Å². The van der Waals surface area contributed by atoms with Crippen molar-refractivity contribution in [3.05, 3.63) is 16.7 Å². The summed E-state index contributed by atoms with van der Waals surface area (Å²) in [7, 11) is 0. The number of H-pyrrole nitrogens is 1. The second-order valence-corrected chi connectivity index (χ2v) is 6.70. The number of nitrogens with two attached hydrogens (primary N) is 1. The van der Waals surface area contributed by atoms with Gasteiger partial charge < -0.3 is 25.1 Å². The molecule has 0 saturated carbocycles. The number of anilines is 1. The van der Waals surface area contributed by atoms with Crippen LogP contribution in [-0.2, 0) is 14.2 Å². The van der Waals surface area contributed by atoms with Crippen molar-refractivity contribution in [1.82, 2.24) is 19.5 Å². The van der Waals surface area contributed by atoms with E-state index in [0.29, 0.717) is 0 Å². The number of carbonyl (C=O) groups excluding carboxylic acids is 1. The fourth-order valence-corrected chi connectivity index (χ4v) is 2.64. The molecule has 11 heteroatoms. The number of aliphatic hydroxyl groups is 1. The van der Waals surface area contributed by atoms with Crippen LogP contribution in [0, 0.1) is 0 Å². The van der Waals surface area contributed by atoms with Gasteiger partial charge in [0.1, 0.15) is 6.33 Å². The highest BCUT2D eigenvalue weighted by molar-refractivity contribution is 5.70. The van der Waals surface area contributed by atoms with Crippen LogP contribution in [0.2, 0.25) is 0 Å². The predicted molar refractivity (Wildman–Crippen MR) is 105 cm³/mol. The number of nitrogen functional groups attached to an aromatic ring is 1. The molecule has 4 N–H and O–H groups in total. The average Bonchev–Trinajstić information content (AvgIpc) is 3.10. The van der Waals surface area contributed by atoms with E-state index in [1.165, 1.54) is 30.2 Å². The minimum atomic E-state index is -1.34. The summed E-state index contributed by atoms with van der Waals surface area (Å²) in [4.78, 5) is 34.3. The topological polar surface area (TPSA) is 155 Å². The van der Waals surface area contributed by atoms with Crippen LogP contribution in [0.25, 0.3) is 11.2 Å². The zero-order valence-corrected chi connectivity index (χ0v) is 16.8. The first-order valence-corrected chi connectivity index (χ1v) is 9.78. The number of carbonyl (C=O) groups is 1. The summed E-state index contributed by atoms with van der Waals surface area (Å²) < 4.78 is 17.1. The maximum Gasteiger partial charge on any atom is 0.512 e. The molecule has 29 heavy (non-hydrogen) atoms. The van der Waals surface area contributed by atoms with Crippen molar-refractivity contribution in [3.8, 4) is 0 Å². The minimum Gasteiger partial charge on any atom is -0.434 e. The van der Waals surface area contributed by atoms with Crippen LogP contribution in [0.1, 0.15) is 58.8 Å². The molecule has 0 aliphatic carbocycles. The van der Waals surface area contributed by atoms with E-state index in [4.69, 9.17) is 19.9 Å². The molecule has 2 atom stereocenters. The van der Waals surface area contributed by atoms with Crippen LogP contribution in [-0.4, -0.2) is 50.1 Å². The standard InChI is InChI=1S/C18H29N5O6/c1-3-4-5-6-7-8-9-27-18(26)29-17(28-12(2)10-24)23-11-20-13-14(23)21-16(19)22-15(13)25/h11-12,17,24H,3-10H2,1-2H3,(H3,19,21,22,25). The molecule has 0 fully saturated rings. The van der Waals surface area contributed by atoms with Crippen molar-refractivity contribution < 1.29 is 24.1 Å². The monoisotopic (exact) mass is 411 g/mol. The zero-order chi connectivity index (χ0) is 21.2. The summed E-state index contributed by atoms with van der Waals surface area (Å²) in [6.07, 6.45) is 4.63. The quantitative estimate of drug-likeness (QED) is 0.270. The highest BCUT2D eigenvalue weighted by atomic mass is 16.8. The predicted octanol–water partition coefficient (Wildman–Crippen LogP) is 2.07. The van der Waals surface area contributed by atoms with Crippen LogP contribution in [0.15, 0.2) is 11.1 Å². The summed E-state index contributed by atoms with van der Waals surface area (Å²) in [6, 6.07) is 0. The highest BCUT2D eigenvalue weighted by Gasteiger charge is 2.24. The molecule has 0 bridgehead atoms. The molecule has 0 aliphatic rings. The van der Waals surface area contributed by atoms with Gasteiger partial charge in [0.05, 0.1) is 19.3 Å². The van der Waals surface area contributed by atoms with Gasteiger partial charge in [-0.25, -0.2) is 9.78 Å². The van der Waals surface area contributed by atoms with Gasteiger partial charge in [-0.15, -0.1) is 0 Å². The van der Waals surface area contributed by atoms with Gasteiger partial charge in [-0.05, 0) is 13.3 Å². The Kier molecular flexibility index (Phi) is 8.87. The Balaban J connectivity index is 2.02. The smallest absolute Gasteiger partial charge is 0.434 e. The van der Waals surface area contributed by atoms with Crippen molar-refractivity contribution in [2.24, 2.45) is 0 Å². The van der Waals surface area contributed by atoms with Gasteiger partial charge in [0, 0.05) is 0 Å². The van der Waals surface area contributed by atoms with Crippen LogP contribution in [0.3, 0.4) is 0 Å². The van der Waals surface area contributed by atoms with E-state index in [1.54, 1.807) is 6.92 Å². The zero-order valence-electron chi connectivity index (χ0n) is 16.8. The molecule has 0 aromatic carbocycles. The lowest BCUT2D eigenvalue weighted by Gasteiger charge is -2.22. The number of hydrogen-bond donors (Lipinski definition) is 3. The molecule has 2 rings (SSSR count). The van der Waals surface area contributed by atoms with Gasteiger partial charge in [0.2, 0.25) is 5.95 Å². The van der Waals surface area contributed by atoms with E-state index < -0.39 is 24.2 Å². The normalized spacial score (nSPS) is 13.3. The van der Waals surface area contributed by atoms with Gasteiger partial charge in [-0.3, -0.25) is 14.3 Å². The van der Waals surface area contributed by atoms with E-state index in [2.05, 4.69) is 21.9 Å². The third-order valence-corrected chi connectivity index (χ3v) is 4.20. The fourth-order valence-electron chi connectivity index (χ4n) is 2.64. The van der Waals surface area contributed by atoms with E-state index in [9.17, 15) is 14.7 Å². The van der Waals surface area contributed by atoms with Gasteiger partial charge in [-0.2, -0.15) is 4.98 Å². The number of aromatic nitrogens is 4. The molecule has 2 aromatic rings. The number of unbranched alkanes of at least 4 members (excludes halogenated alkanes) is 5. The van der Waals surface area contributed by atoms with Crippen molar-refractivity contribution in [2.75, 3.05) is 18.9 Å². The second-order valence-electron chi connectivity index (χ2n) is 6.70. The Morgan fingerprint density at radius 1 is 1.31 bits per heavy atom. The molecule has 2 heterocycles. The SMILES string of the molecule is CCCCCCCCOC(=O)OC(OC(C)CO)n1cnc2c(=O)[nH]c(N)nc21. The molecule has 0 amide bonds. The Bertz CT molecular complexity index is 836. The van der Waals surface area contributed by atoms with E-state index in [0.717, 1.165) is 19.3 Å². The Morgan fingerprint density at radius 2 is 2.03 bits per heavy atom. The van der Waals surface area contributed by atoms with E-state index in [1.807, 2.05) is 0 Å². The Morgan fingerprint density at radius 3 is 2.76 bits per heavy atom. The van der Waals surface area contributed by atoms with Crippen LogP contribution in [0.4, 0.5) is 10.7 Å². The van der Waals surface area contributed by atoms with Crippen molar-refractivity contribution in [3.63, 3.8) is 0 Å². The second kappa shape index (κ2) is 11.4. The van der Waals surface area contributed by atoms with E-state index in [-0.39, 0.29) is 30.3 Å². The number of fused-ring (bicyclic) bond motifs is 1. The first-order valence-electron chi connectivity index (χ1n) is 9.78. The number of ether oxygens (including phenoxy) is 3. The van der Waals surface area contributed by atoms with E-state index >= 15 is 0 Å². The summed E-state index contributed by atoms with van der Waals surface area (Å²) in [5.41, 5.74) is 5.13. The molecule has 0 saturated heterocycles. The lowest BCUT2D eigenvalue weighted by molar-refractivity contribution is -0.196. The maximum absolute atomic E-state index is 12.1. The molecular weight excluding hydrogens is 382 g/mol. The van der Waals surface area contributed by atoms with Gasteiger partial charge in [0.25, 0.3) is 12.0 Å². The first-order chi connectivity index (χ1) is 14.0. The molecular formula is C18H29N5O6. The third kappa shape index (κ3) is 6.71. The number of hydrogen-bond acceptors (Lipinski definition) is 9. The first kappa shape index (κ1) is 22.6. The average molecular weight is 411 g/mol. The molecule has 2 aromatic heterocycles. The number of nitrogens with one attached hydrogen (secondary N) is 1. The largest absolute Gasteiger partial charge is 0.512 e. The number of rotatable bonds is 12. The third-order valence-electron chi connectivity index (χ3n) is 4.20. The van der Waals surface area contributed by atoms with Crippen LogP contribution >= 0.6 is 0 Å². The number of aromatic amines is 1. The lowest BCUT2D eigenvalue weighted by Crippen LogP contribution is -2.26. The van der Waals surface area contributed by atoms with Gasteiger partial charge in [-0.1, -0.05) is 39.0 Å². The summed E-state index contributed by atoms with van der Waals surface area (Å²) in [5, 5.41) is 9.27. The van der Waals surface area contributed by atoms with Crippen LogP contribution < -0.4 is 11.3 Å². The Hall–Kier alpha value is -2.66. The molecule has 0 radical (unpaired) electrons. The summed E-state index contributed by atoms with van der Waals surface area (Å²) in [6.45, 7) is 3.66. The minimum absolute atomic E-state index is 0.00787. The van der Waals surface area contributed by atoms with Gasteiger partial charge in [0.15, 0.2) is 11.2 Å². The maximum atomic E-state index is 12.1.